The van der Waals surface area contributed by atoms with Crippen molar-refractivity contribution in [2.75, 3.05) is 13.2 Å². The van der Waals surface area contributed by atoms with Crippen LogP contribution in [0.1, 0.15) is 17.3 Å². The van der Waals surface area contributed by atoms with Gasteiger partial charge in [-0.05, 0) is 19.1 Å². The molecule has 0 amide bonds. The van der Waals surface area contributed by atoms with E-state index < -0.39 is 0 Å². The molecule has 0 bridgehead atoms. The molecule has 1 rings (SSSR count). The molecule has 0 atom stereocenters. The second-order valence-corrected chi connectivity index (χ2v) is 2.70. The average Bonchev–Trinajstić information content (AvgIpc) is 2.27. The number of hydrogen-bond acceptors (Lipinski definition) is 4. The van der Waals surface area contributed by atoms with Crippen LogP contribution in [0.15, 0.2) is 18.2 Å². The van der Waals surface area contributed by atoms with Crippen molar-refractivity contribution in [3.05, 3.63) is 23.8 Å². The van der Waals surface area contributed by atoms with Gasteiger partial charge < -0.3 is 9.47 Å². The molecule has 0 aliphatic carbocycles. The van der Waals surface area contributed by atoms with Crippen LogP contribution in [0.3, 0.4) is 0 Å². The minimum Gasteiger partial charge on any atom is -0.493 e. The van der Waals surface area contributed by atoms with E-state index in [9.17, 15) is 4.79 Å². The van der Waals surface area contributed by atoms with Crippen LogP contribution in [-0.4, -0.2) is 19.5 Å². The Bertz CT molecular complexity index is 382. The van der Waals surface area contributed by atoms with E-state index >= 15 is 0 Å². The van der Waals surface area contributed by atoms with Gasteiger partial charge in [0.25, 0.3) is 0 Å². The third kappa shape index (κ3) is 2.99. The molecular weight excluding hydrogens is 194 g/mol. The smallest absolute Gasteiger partial charge is 0.174 e. The highest BCUT2D eigenvalue weighted by molar-refractivity contribution is 5.79. The fraction of sp³-hybridized carbons (Fsp3) is 0.273. The normalized spacial score (nSPS) is 9.07. The number of aldehydes is 1. The van der Waals surface area contributed by atoms with Crippen molar-refractivity contribution in [1.29, 1.82) is 5.26 Å². The molecule has 0 N–H and O–H groups in total. The fourth-order valence-corrected chi connectivity index (χ4v) is 1.10. The van der Waals surface area contributed by atoms with Gasteiger partial charge in [-0.3, -0.25) is 4.79 Å². The summed E-state index contributed by atoms with van der Waals surface area (Å²) in [6, 6.07) is 6.70. The Morgan fingerprint density at radius 3 is 2.87 bits per heavy atom. The predicted octanol–water partition coefficient (Wildman–Crippen LogP) is 1.80. The summed E-state index contributed by atoms with van der Waals surface area (Å²) in [6.45, 7) is 2.28. The van der Waals surface area contributed by atoms with E-state index in [2.05, 4.69) is 0 Å². The first-order valence-corrected chi connectivity index (χ1v) is 4.53. The summed E-state index contributed by atoms with van der Waals surface area (Å²) < 4.78 is 10.3. The zero-order chi connectivity index (χ0) is 11.1. The Morgan fingerprint density at radius 1 is 1.47 bits per heavy atom. The van der Waals surface area contributed by atoms with E-state index in [4.69, 9.17) is 14.7 Å². The molecule has 15 heavy (non-hydrogen) atoms. The first kappa shape index (κ1) is 11.1. The van der Waals surface area contributed by atoms with Crippen molar-refractivity contribution >= 4 is 6.29 Å². The van der Waals surface area contributed by atoms with Crippen molar-refractivity contribution in [2.45, 2.75) is 6.92 Å². The molecule has 4 nitrogen and oxygen atoms in total. The monoisotopic (exact) mass is 205 g/mol. The quantitative estimate of drug-likeness (QED) is 0.688. The van der Waals surface area contributed by atoms with Crippen molar-refractivity contribution in [3.63, 3.8) is 0 Å². The summed E-state index contributed by atoms with van der Waals surface area (Å²) in [7, 11) is 0. The van der Waals surface area contributed by atoms with Crippen molar-refractivity contribution in [1.82, 2.24) is 0 Å². The Balaban J connectivity index is 2.89. The summed E-state index contributed by atoms with van der Waals surface area (Å²) in [4.78, 5) is 10.7. The third-order valence-electron chi connectivity index (χ3n) is 1.72. The van der Waals surface area contributed by atoms with Gasteiger partial charge in [-0.15, -0.1) is 0 Å². The zero-order valence-electron chi connectivity index (χ0n) is 8.40. The standard InChI is InChI=1S/C11H11NO3/c1-2-14-11-7-10(15-6-5-12)4-3-9(11)8-13/h3-4,7-8H,2,6H2,1H3. The summed E-state index contributed by atoms with van der Waals surface area (Å²) in [6.07, 6.45) is 0.721. The second-order valence-electron chi connectivity index (χ2n) is 2.70. The second kappa shape index (κ2) is 5.66. The van der Waals surface area contributed by atoms with Crippen molar-refractivity contribution in [2.24, 2.45) is 0 Å². The summed E-state index contributed by atoms with van der Waals surface area (Å²) in [5.74, 6) is 0.994. The van der Waals surface area contributed by atoms with Crippen LogP contribution in [-0.2, 0) is 0 Å². The minimum absolute atomic E-state index is 0.0218. The lowest BCUT2D eigenvalue weighted by molar-refractivity contribution is 0.112. The van der Waals surface area contributed by atoms with Gasteiger partial charge in [0, 0.05) is 6.07 Å². The SMILES string of the molecule is CCOc1cc(OCC#N)ccc1C=O. The largest absolute Gasteiger partial charge is 0.493 e. The van der Waals surface area contributed by atoms with Gasteiger partial charge in [0.05, 0.1) is 12.2 Å². The maximum atomic E-state index is 10.7. The molecule has 0 radical (unpaired) electrons. The van der Waals surface area contributed by atoms with Gasteiger partial charge >= 0.3 is 0 Å². The summed E-state index contributed by atoms with van der Waals surface area (Å²) >= 11 is 0. The molecule has 0 spiro atoms. The van der Waals surface area contributed by atoms with E-state index in [0.717, 1.165) is 6.29 Å². The van der Waals surface area contributed by atoms with Crippen LogP contribution >= 0.6 is 0 Å². The molecule has 78 valence electrons. The molecule has 0 fully saturated rings. The van der Waals surface area contributed by atoms with Gasteiger partial charge in [-0.1, -0.05) is 0 Å². The van der Waals surface area contributed by atoms with Gasteiger partial charge in [0.2, 0.25) is 0 Å². The molecule has 1 aromatic rings. The number of carbonyl (C=O) groups is 1. The Kier molecular flexibility index (Phi) is 4.17. The maximum Gasteiger partial charge on any atom is 0.174 e. The lowest BCUT2D eigenvalue weighted by Gasteiger charge is -2.08. The minimum atomic E-state index is -0.0218. The number of hydrogen-bond donors (Lipinski definition) is 0. The topological polar surface area (TPSA) is 59.3 Å². The van der Waals surface area contributed by atoms with Crippen LogP contribution < -0.4 is 9.47 Å². The number of nitriles is 1. The van der Waals surface area contributed by atoms with E-state index in [-0.39, 0.29) is 6.61 Å². The van der Waals surface area contributed by atoms with Crippen LogP contribution in [0.2, 0.25) is 0 Å². The van der Waals surface area contributed by atoms with E-state index in [1.165, 1.54) is 0 Å². The lowest BCUT2D eigenvalue weighted by atomic mass is 10.2. The van der Waals surface area contributed by atoms with E-state index in [0.29, 0.717) is 23.7 Å². The first-order chi connectivity index (χ1) is 7.31. The molecule has 0 saturated carbocycles. The van der Waals surface area contributed by atoms with Gasteiger partial charge in [0.15, 0.2) is 12.9 Å². The first-order valence-electron chi connectivity index (χ1n) is 4.53. The molecule has 0 unspecified atom stereocenters. The summed E-state index contributed by atoms with van der Waals surface area (Å²) in [5.41, 5.74) is 0.473. The molecule has 0 saturated heterocycles. The molecule has 0 aromatic heterocycles. The van der Waals surface area contributed by atoms with Crippen molar-refractivity contribution in [3.8, 4) is 17.6 Å². The molecule has 0 aliphatic rings. The number of ether oxygens (including phenoxy) is 2. The number of carbonyl (C=O) groups excluding carboxylic acids is 1. The van der Waals surface area contributed by atoms with Crippen LogP contribution in [0, 0.1) is 11.3 Å². The Labute approximate surface area is 88.0 Å². The molecule has 1 aromatic carbocycles. The Hall–Kier alpha value is -2.02. The number of nitrogens with zero attached hydrogens (tertiary/aromatic N) is 1. The number of rotatable bonds is 5. The van der Waals surface area contributed by atoms with E-state index in [1.54, 1.807) is 18.2 Å². The molecule has 0 aliphatic heterocycles. The zero-order valence-corrected chi connectivity index (χ0v) is 8.40. The highest BCUT2D eigenvalue weighted by Gasteiger charge is 2.04. The van der Waals surface area contributed by atoms with Crippen LogP contribution in [0.25, 0.3) is 0 Å². The van der Waals surface area contributed by atoms with Gasteiger partial charge in [0.1, 0.15) is 17.6 Å². The average molecular weight is 205 g/mol. The highest BCUT2D eigenvalue weighted by Crippen LogP contribution is 2.23. The number of benzene rings is 1. The summed E-state index contributed by atoms with van der Waals surface area (Å²) in [5, 5.41) is 8.34. The van der Waals surface area contributed by atoms with E-state index in [1.807, 2.05) is 13.0 Å². The Morgan fingerprint density at radius 2 is 2.27 bits per heavy atom. The fourth-order valence-electron chi connectivity index (χ4n) is 1.10. The highest BCUT2D eigenvalue weighted by atomic mass is 16.5. The lowest BCUT2D eigenvalue weighted by Crippen LogP contribution is -1.98. The van der Waals surface area contributed by atoms with Crippen LogP contribution in [0.4, 0.5) is 0 Å². The molecule has 0 heterocycles. The van der Waals surface area contributed by atoms with Crippen LogP contribution in [0.5, 0.6) is 11.5 Å². The van der Waals surface area contributed by atoms with Gasteiger partial charge in [-0.2, -0.15) is 5.26 Å². The molecule has 4 heteroatoms. The van der Waals surface area contributed by atoms with Crippen molar-refractivity contribution < 1.29 is 14.3 Å². The molecular formula is C11H11NO3. The third-order valence-corrected chi connectivity index (χ3v) is 1.72. The van der Waals surface area contributed by atoms with Gasteiger partial charge in [-0.25, -0.2) is 0 Å². The maximum absolute atomic E-state index is 10.7. The predicted molar refractivity (Wildman–Crippen MR) is 54.1 cm³/mol.